The van der Waals surface area contributed by atoms with Crippen molar-refractivity contribution < 1.29 is 9.53 Å². The zero-order valence-electron chi connectivity index (χ0n) is 16.5. The Hall–Kier alpha value is -3.75. The molecule has 2 atom stereocenters. The Morgan fingerprint density at radius 1 is 1.03 bits per heavy atom. The van der Waals surface area contributed by atoms with Crippen molar-refractivity contribution in [3.05, 3.63) is 67.0 Å². The van der Waals surface area contributed by atoms with Crippen LogP contribution in [0.15, 0.2) is 61.4 Å². The molecular formula is C21H21N7O2. The van der Waals surface area contributed by atoms with Crippen molar-refractivity contribution in [2.45, 2.75) is 31.9 Å². The molecule has 1 aromatic carbocycles. The second-order valence-electron chi connectivity index (χ2n) is 7.35. The summed E-state index contributed by atoms with van der Waals surface area (Å²) in [6.45, 7) is 2.54. The van der Waals surface area contributed by atoms with Crippen molar-refractivity contribution in [3.63, 3.8) is 0 Å². The molecule has 9 heteroatoms. The van der Waals surface area contributed by atoms with Crippen LogP contribution in [0, 0.1) is 0 Å². The van der Waals surface area contributed by atoms with E-state index in [4.69, 9.17) is 4.74 Å². The molecule has 3 aromatic heterocycles. The highest BCUT2D eigenvalue weighted by Crippen LogP contribution is 2.25. The summed E-state index contributed by atoms with van der Waals surface area (Å²) in [7, 11) is 0. The van der Waals surface area contributed by atoms with Crippen molar-refractivity contribution in [2.75, 3.05) is 6.54 Å². The number of rotatable bonds is 4. The summed E-state index contributed by atoms with van der Waals surface area (Å²) in [4.78, 5) is 25.5. The summed E-state index contributed by atoms with van der Waals surface area (Å²) in [5, 5.41) is 8.36. The van der Waals surface area contributed by atoms with Gasteiger partial charge in [0.2, 0.25) is 0 Å². The molecule has 152 valence electrons. The molecule has 0 radical (unpaired) electrons. The summed E-state index contributed by atoms with van der Waals surface area (Å²) in [6, 6.07) is 7.49. The largest absolute Gasteiger partial charge is 0.470 e. The smallest absolute Gasteiger partial charge is 0.258 e. The first kappa shape index (κ1) is 18.3. The van der Waals surface area contributed by atoms with Gasteiger partial charge in [0, 0.05) is 30.8 Å². The number of likely N-dealkylation sites (tertiary alicyclic amines) is 1. The summed E-state index contributed by atoms with van der Waals surface area (Å²) >= 11 is 0. The SMILES string of the molecule is C[C@@H]1CC[C@@H](Oc2nccn3ccnc23)CN1C(=O)c1ccccc1-n1nccn1. The normalized spacial score (nSPS) is 19.2. The zero-order chi connectivity index (χ0) is 20.5. The summed E-state index contributed by atoms with van der Waals surface area (Å²) in [5.41, 5.74) is 1.89. The van der Waals surface area contributed by atoms with Gasteiger partial charge in [0.25, 0.3) is 11.8 Å². The van der Waals surface area contributed by atoms with Crippen LogP contribution in [0.5, 0.6) is 5.88 Å². The van der Waals surface area contributed by atoms with Crippen LogP contribution in [-0.4, -0.2) is 58.9 Å². The van der Waals surface area contributed by atoms with Gasteiger partial charge in [-0.2, -0.15) is 15.0 Å². The number of para-hydroxylation sites is 1. The molecule has 4 heterocycles. The maximum atomic E-state index is 13.5. The Morgan fingerprint density at radius 2 is 1.80 bits per heavy atom. The molecule has 0 aliphatic carbocycles. The van der Waals surface area contributed by atoms with E-state index < -0.39 is 0 Å². The van der Waals surface area contributed by atoms with Crippen LogP contribution >= 0.6 is 0 Å². The van der Waals surface area contributed by atoms with E-state index in [9.17, 15) is 4.79 Å². The number of benzene rings is 1. The number of nitrogens with zero attached hydrogens (tertiary/aromatic N) is 7. The lowest BCUT2D eigenvalue weighted by molar-refractivity contribution is 0.0375. The third-order valence-electron chi connectivity index (χ3n) is 5.43. The maximum absolute atomic E-state index is 13.5. The van der Waals surface area contributed by atoms with Crippen molar-refractivity contribution in [1.82, 2.24) is 34.3 Å². The van der Waals surface area contributed by atoms with Gasteiger partial charge >= 0.3 is 0 Å². The highest BCUT2D eigenvalue weighted by Gasteiger charge is 2.32. The molecule has 4 aromatic rings. The predicted octanol–water partition coefficient (Wildman–Crippen LogP) is 2.38. The van der Waals surface area contributed by atoms with Crippen molar-refractivity contribution >= 4 is 11.6 Å². The number of hydrogen-bond donors (Lipinski definition) is 0. The number of carbonyl (C=O) groups excluding carboxylic acids is 1. The molecule has 1 saturated heterocycles. The molecule has 1 amide bonds. The van der Waals surface area contributed by atoms with Crippen LogP contribution in [-0.2, 0) is 0 Å². The average Bonchev–Trinajstić information content (AvgIpc) is 3.47. The standard InChI is InChI=1S/C21H21N7O2/c1-15-6-7-16(30-20-19-22-10-12-26(19)13-11-23-20)14-27(15)21(29)17-4-2-3-5-18(17)28-24-8-9-25-28/h2-5,8-13,15-16H,6-7,14H2,1H3/t15-,16-/m1/s1. The number of hydrogen-bond acceptors (Lipinski definition) is 6. The Bertz CT molecular complexity index is 1170. The van der Waals surface area contributed by atoms with E-state index in [1.165, 1.54) is 4.80 Å². The Morgan fingerprint density at radius 3 is 2.63 bits per heavy atom. The van der Waals surface area contributed by atoms with Gasteiger partial charge in [0.05, 0.1) is 30.2 Å². The van der Waals surface area contributed by atoms with E-state index in [-0.39, 0.29) is 18.1 Å². The first-order chi connectivity index (χ1) is 14.7. The first-order valence-corrected chi connectivity index (χ1v) is 9.92. The van der Waals surface area contributed by atoms with Crippen molar-refractivity contribution in [2.24, 2.45) is 0 Å². The maximum Gasteiger partial charge on any atom is 0.258 e. The number of piperidine rings is 1. The second kappa shape index (κ2) is 7.58. The fourth-order valence-corrected chi connectivity index (χ4v) is 3.85. The van der Waals surface area contributed by atoms with Gasteiger partial charge in [-0.1, -0.05) is 12.1 Å². The number of amides is 1. The molecule has 0 saturated carbocycles. The van der Waals surface area contributed by atoms with Crippen LogP contribution in [0.1, 0.15) is 30.1 Å². The van der Waals surface area contributed by atoms with E-state index >= 15 is 0 Å². The lowest BCUT2D eigenvalue weighted by Crippen LogP contribution is -2.49. The van der Waals surface area contributed by atoms with Gasteiger partial charge in [0.15, 0.2) is 5.65 Å². The fraction of sp³-hybridized carbons (Fsp3) is 0.286. The number of imidazole rings is 1. The molecular weight excluding hydrogens is 382 g/mol. The molecule has 1 fully saturated rings. The monoisotopic (exact) mass is 403 g/mol. The van der Waals surface area contributed by atoms with Crippen molar-refractivity contribution in [1.29, 1.82) is 0 Å². The summed E-state index contributed by atoms with van der Waals surface area (Å²) in [5.74, 6) is 0.422. The lowest BCUT2D eigenvalue weighted by atomic mass is 9.99. The van der Waals surface area contributed by atoms with Gasteiger partial charge in [0.1, 0.15) is 6.10 Å². The molecule has 0 unspecified atom stereocenters. The molecule has 0 bridgehead atoms. The van der Waals surface area contributed by atoms with Gasteiger partial charge < -0.3 is 14.0 Å². The van der Waals surface area contributed by atoms with Gasteiger partial charge in [-0.25, -0.2) is 9.97 Å². The molecule has 0 spiro atoms. The number of ether oxygens (including phenoxy) is 1. The molecule has 0 N–H and O–H groups in total. The third kappa shape index (κ3) is 3.28. The molecule has 30 heavy (non-hydrogen) atoms. The number of aromatic nitrogens is 6. The van der Waals surface area contributed by atoms with E-state index in [0.717, 1.165) is 12.8 Å². The number of carbonyl (C=O) groups is 1. The minimum atomic E-state index is -0.157. The minimum absolute atomic E-state index is 0.0596. The quantitative estimate of drug-likeness (QED) is 0.520. The van der Waals surface area contributed by atoms with E-state index in [2.05, 4.69) is 27.1 Å². The highest BCUT2D eigenvalue weighted by molar-refractivity contribution is 5.98. The van der Waals surface area contributed by atoms with E-state index in [1.807, 2.05) is 46.0 Å². The van der Waals surface area contributed by atoms with Gasteiger partial charge in [-0.3, -0.25) is 4.79 Å². The fourth-order valence-electron chi connectivity index (χ4n) is 3.85. The minimum Gasteiger partial charge on any atom is -0.470 e. The van der Waals surface area contributed by atoms with E-state index in [0.29, 0.717) is 29.3 Å². The van der Waals surface area contributed by atoms with Gasteiger partial charge in [-0.15, -0.1) is 0 Å². The van der Waals surface area contributed by atoms with Crippen LogP contribution in [0.4, 0.5) is 0 Å². The topological polar surface area (TPSA) is 90.4 Å². The predicted molar refractivity (Wildman–Crippen MR) is 108 cm³/mol. The van der Waals surface area contributed by atoms with Gasteiger partial charge in [-0.05, 0) is 31.9 Å². The van der Waals surface area contributed by atoms with Crippen molar-refractivity contribution in [3.8, 4) is 11.6 Å². The summed E-state index contributed by atoms with van der Waals surface area (Å²) < 4.78 is 8.04. The van der Waals surface area contributed by atoms with Crippen LogP contribution in [0.25, 0.3) is 11.3 Å². The van der Waals surface area contributed by atoms with Crippen LogP contribution < -0.4 is 4.74 Å². The molecule has 9 nitrogen and oxygen atoms in total. The summed E-state index contributed by atoms with van der Waals surface area (Å²) in [6.07, 6.45) is 11.8. The second-order valence-corrected chi connectivity index (χ2v) is 7.35. The lowest BCUT2D eigenvalue weighted by Gasteiger charge is -2.38. The highest BCUT2D eigenvalue weighted by atomic mass is 16.5. The number of fused-ring (bicyclic) bond motifs is 1. The average molecular weight is 403 g/mol. The Labute approximate surface area is 172 Å². The Kier molecular flexibility index (Phi) is 4.62. The van der Waals surface area contributed by atoms with Crippen LogP contribution in [0.3, 0.4) is 0 Å². The zero-order valence-corrected chi connectivity index (χ0v) is 16.5. The van der Waals surface area contributed by atoms with Crippen LogP contribution in [0.2, 0.25) is 0 Å². The Balaban J connectivity index is 1.39. The third-order valence-corrected chi connectivity index (χ3v) is 5.43. The molecule has 1 aliphatic heterocycles. The van der Waals surface area contributed by atoms with E-state index in [1.54, 1.807) is 24.8 Å². The molecule has 5 rings (SSSR count). The molecule has 1 aliphatic rings. The first-order valence-electron chi connectivity index (χ1n) is 9.92.